The first-order valence-corrected chi connectivity index (χ1v) is 8.32. The quantitative estimate of drug-likeness (QED) is 0.512. The molecule has 0 radical (unpaired) electrons. The summed E-state index contributed by atoms with van der Waals surface area (Å²) in [6, 6.07) is 0. The van der Waals surface area contributed by atoms with E-state index in [1.165, 1.54) is 18.3 Å². The zero-order valence-corrected chi connectivity index (χ0v) is 12.9. The molecule has 1 aliphatic rings. The molecule has 1 rings (SSSR count). The van der Waals surface area contributed by atoms with Gasteiger partial charge in [0.15, 0.2) is 5.25 Å². The summed E-state index contributed by atoms with van der Waals surface area (Å²) in [4.78, 5) is 11.4. The first-order valence-electron chi connectivity index (χ1n) is 6.82. The van der Waals surface area contributed by atoms with Crippen molar-refractivity contribution in [3.63, 3.8) is 0 Å². The van der Waals surface area contributed by atoms with Crippen LogP contribution in [0.15, 0.2) is 0 Å². The van der Waals surface area contributed by atoms with Crippen LogP contribution in [0.25, 0.3) is 0 Å². The highest BCUT2D eigenvalue weighted by atomic mass is 32.2. The Hall–Kier alpha value is -0.700. The van der Waals surface area contributed by atoms with Gasteiger partial charge in [0.2, 0.25) is 10.0 Å². The Balaban J connectivity index is 2.50. The zero-order chi connectivity index (χ0) is 15.2. The maximum Gasteiger partial charge on any atom is 0.325 e. The van der Waals surface area contributed by atoms with Gasteiger partial charge in [-0.3, -0.25) is 4.79 Å². The number of carbonyl (C=O) groups excluding carboxylic acids is 1. The topological polar surface area (TPSA) is 98.9 Å². The molecule has 0 bridgehead atoms. The first kappa shape index (κ1) is 17.4. The van der Waals surface area contributed by atoms with Gasteiger partial charge in [0.05, 0.1) is 13.2 Å². The molecule has 0 aliphatic carbocycles. The second-order valence-electron chi connectivity index (χ2n) is 4.82. The Bertz CT molecular complexity index is 404. The number of methoxy groups -OCH3 is 1. The van der Waals surface area contributed by atoms with Crippen LogP contribution in [0.3, 0.4) is 0 Å². The van der Waals surface area contributed by atoms with E-state index in [9.17, 15) is 13.2 Å². The van der Waals surface area contributed by atoms with Crippen molar-refractivity contribution in [3.8, 4) is 0 Å². The minimum absolute atomic E-state index is 0.0708. The summed E-state index contributed by atoms with van der Waals surface area (Å²) >= 11 is 0. The van der Waals surface area contributed by atoms with Crippen LogP contribution < -0.4 is 5.73 Å². The normalized spacial score (nSPS) is 19.8. The molecular formula is C12H24N2O5S. The summed E-state index contributed by atoms with van der Waals surface area (Å²) in [7, 11) is -2.45. The highest BCUT2D eigenvalue weighted by Crippen LogP contribution is 2.20. The fourth-order valence-electron chi connectivity index (χ4n) is 2.10. The monoisotopic (exact) mass is 308 g/mol. The molecule has 8 heteroatoms. The fourth-order valence-corrected chi connectivity index (χ4v) is 3.60. The van der Waals surface area contributed by atoms with E-state index in [0.717, 1.165) is 6.42 Å². The van der Waals surface area contributed by atoms with Crippen LogP contribution in [-0.4, -0.2) is 63.4 Å². The molecule has 1 unspecified atom stereocenters. The lowest BCUT2D eigenvalue weighted by Gasteiger charge is -2.32. The molecule has 0 aromatic carbocycles. The van der Waals surface area contributed by atoms with E-state index in [1.807, 2.05) is 0 Å². The molecule has 1 heterocycles. The van der Waals surface area contributed by atoms with Crippen molar-refractivity contribution in [2.24, 2.45) is 5.73 Å². The third-order valence-corrected chi connectivity index (χ3v) is 5.61. The van der Waals surface area contributed by atoms with Crippen molar-refractivity contribution >= 4 is 16.0 Å². The number of esters is 1. The molecule has 7 nitrogen and oxygen atoms in total. The minimum Gasteiger partial charge on any atom is -0.468 e. The van der Waals surface area contributed by atoms with E-state index in [0.29, 0.717) is 39.1 Å². The predicted octanol–water partition coefficient (Wildman–Crippen LogP) is -0.292. The number of hydrogen-bond acceptors (Lipinski definition) is 6. The Labute approximate surface area is 120 Å². The Kier molecular flexibility index (Phi) is 6.87. The van der Waals surface area contributed by atoms with Crippen LogP contribution in [0.1, 0.15) is 26.2 Å². The first-order chi connectivity index (χ1) is 9.43. The number of carbonyl (C=O) groups is 1. The van der Waals surface area contributed by atoms with E-state index in [1.54, 1.807) is 0 Å². The van der Waals surface area contributed by atoms with Crippen LogP contribution >= 0.6 is 0 Å². The minimum atomic E-state index is -3.64. The average Bonchev–Trinajstić information content (AvgIpc) is 2.46. The number of piperidine rings is 1. The van der Waals surface area contributed by atoms with Crippen LogP contribution in [0.2, 0.25) is 0 Å². The largest absolute Gasteiger partial charge is 0.468 e. The van der Waals surface area contributed by atoms with Gasteiger partial charge >= 0.3 is 5.97 Å². The fraction of sp³-hybridized carbons (Fsp3) is 0.917. The maximum atomic E-state index is 12.2. The Morgan fingerprint density at radius 1 is 1.40 bits per heavy atom. The van der Waals surface area contributed by atoms with Crippen LogP contribution in [0, 0.1) is 0 Å². The van der Waals surface area contributed by atoms with E-state index >= 15 is 0 Å². The Morgan fingerprint density at radius 2 is 2.00 bits per heavy atom. The van der Waals surface area contributed by atoms with Gasteiger partial charge in [-0.2, -0.15) is 0 Å². The van der Waals surface area contributed by atoms with Gasteiger partial charge in [0.1, 0.15) is 0 Å². The number of rotatable bonds is 7. The van der Waals surface area contributed by atoms with Gasteiger partial charge in [0.25, 0.3) is 0 Å². The third-order valence-electron chi connectivity index (χ3n) is 3.44. The van der Waals surface area contributed by atoms with Crippen molar-refractivity contribution in [1.82, 2.24) is 4.31 Å². The molecule has 0 saturated carbocycles. The van der Waals surface area contributed by atoms with Crippen molar-refractivity contribution < 1.29 is 22.7 Å². The highest BCUT2D eigenvalue weighted by Gasteiger charge is 2.36. The number of nitrogens with two attached hydrogens (primary N) is 1. The predicted molar refractivity (Wildman–Crippen MR) is 74.6 cm³/mol. The van der Waals surface area contributed by atoms with Gasteiger partial charge in [-0.05, 0) is 32.7 Å². The van der Waals surface area contributed by atoms with E-state index in [2.05, 4.69) is 4.74 Å². The van der Waals surface area contributed by atoms with E-state index in [4.69, 9.17) is 10.5 Å². The summed E-state index contributed by atoms with van der Waals surface area (Å²) in [5, 5.41) is -1.16. The number of ether oxygens (including phenoxy) is 2. The molecule has 0 aromatic heterocycles. The van der Waals surface area contributed by atoms with Crippen molar-refractivity contribution in [2.45, 2.75) is 37.5 Å². The lowest BCUT2D eigenvalue weighted by atomic mass is 10.1. The second kappa shape index (κ2) is 7.92. The third kappa shape index (κ3) is 4.41. The summed E-state index contributed by atoms with van der Waals surface area (Å²) in [6.45, 7) is 3.29. The van der Waals surface area contributed by atoms with E-state index < -0.39 is 21.2 Å². The van der Waals surface area contributed by atoms with Crippen molar-refractivity contribution in [3.05, 3.63) is 0 Å². The molecule has 118 valence electrons. The molecule has 0 amide bonds. The maximum absolute atomic E-state index is 12.2. The van der Waals surface area contributed by atoms with Crippen LogP contribution in [0.5, 0.6) is 0 Å². The molecule has 20 heavy (non-hydrogen) atoms. The molecule has 0 aromatic rings. The number of nitrogens with zero attached hydrogens (tertiary/aromatic N) is 1. The Morgan fingerprint density at radius 3 is 2.50 bits per heavy atom. The summed E-state index contributed by atoms with van der Waals surface area (Å²) in [6.07, 6.45) is 2.15. The van der Waals surface area contributed by atoms with Crippen molar-refractivity contribution in [1.29, 1.82) is 0 Å². The standard InChI is InChI=1S/C12H24N2O5S/c1-10(12(15)18-2)20(16,17)14-7-4-11(5-8-14)19-9-3-6-13/h10-11H,3-9,13H2,1-2H3. The average molecular weight is 308 g/mol. The van der Waals surface area contributed by atoms with Crippen molar-refractivity contribution in [2.75, 3.05) is 33.4 Å². The van der Waals surface area contributed by atoms with Gasteiger partial charge < -0.3 is 15.2 Å². The summed E-state index contributed by atoms with van der Waals surface area (Å²) in [5.74, 6) is -0.730. The molecule has 1 aliphatic heterocycles. The molecular weight excluding hydrogens is 284 g/mol. The SMILES string of the molecule is COC(=O)C(C)S(=O)(=O)N1CCC(OCCCN)CC1. The number of hydrogen-bond donors (Lipinski definition) is 1. The summed E-state index contributed by atoms with van der Waals surface area (Å²) in [5.41, 5.74) is 5.39. The van der Waals surface area contributed by atoms with Crippen LogP contribution in [-0.2, 0) is 24.3 Å². The molecule has 2 N–H and O–H groups in total. The molecule has 1 atom stereocenters. The van der Waals surface area contributed by atoms with Gasteiger partial charge in [0, 0.05) is 19.7 Å². The molecule has 0 spiro atoms. The highest BCUT2D eigenvalue weighted by molar-refractivity contribution is 7.90. The van der Waals surface area contributed by atoms with Gasteiger partial charge in [-0.1, -0.05) is 0 Å². The van der Waals surface area contributed by atoms with E-state index in [-0.39, 0.29) is 6.10 Å². The number of sulfonamides is 1. The zero-order valence-electron chi connectivity index (χ0n) is 12.1. The smallest absolute Gasteiger partial charge is 0.325 e. The van der Waals surface area contributed by atoms with Gasteiger partial charge in [-0.25, -0.2) is 12.7 Å². The van der Waals surface area contributed by atoms with Gasteiger partial charge in [-0.15, -0.1) is 0 Å². The lowest BCUT2D eigenvalue weighted by Crippen LogP contribution is -2.46. The lowest BCUT2D eigenvalue weighted by molar-refractivity contribution is -0.139. The molecule has 1 saturated heterocycles. The second-order valence-corrected chi connectivity index (χ2v) is 7.08. The summed E-state index contributed by atoms with van der Waals surface area (Å²) < 4.78 is 35.9. The molecule has 1 fully saturated rings. The van der Waals surface area contributed by atoms with Crippen LogP contribution in [0.4, 0.5) is 0 Å².